The normalized spacial score (nSPS) is 24.2. The summed E-state index contributed by atoms with van der Waals surface area (Å²) in [6.07, 6.45) is 9.29. The molecule has 0 radical (unpaired) electrons. The molecule has 1 aliphatic carbocycles. The number of piperidine rings is 1. The molecule has 0 aromatic heterocycles. The molecule has 1 aliphatic heterocycles. The molecule has 1 saturated carbocycles. The van der Waals surface area contributed by atoms with Crippen molar-refractivity contribution in [1.29, 1.82) is 0 Å². The Kier molecular flexibility index (Phi) is 11.5. The fourth-order valence-electron chi connectivity index (χ4n) is 4.00. The van der Waals surface area contributed by atoms with E-state index in [0.717, 1.165) is 31.8 Å². The summed E-state index contributed by atoms with van der Waals surface area (Å²) < 4.78 is 0. The molecule has 1 heterocycles. The lowest BCUT2D eigenvalue weighted by Crippen LogP contribution is -2.42. The zero-order valence-electron chi connectivity index (χ0n) is 14.5. The van der Waals surface area contributed by atoms with E-state index >= 15 is 0 Å². The number of nitrogens with two attached hydrogens (primary N) is 1. The topological polar surface area (TPSA) is 58.4 Å². The minimum absolute atomic E-state index is 0. The zero-order valence-corrected chi connectivity index (χ0v) is 16.2. The van der Waals surface area contributed by atoms with Crippen LogP contribution in [-0.2, 0) is 4.79 Å². The highest BCUT2D eigenvalue weighted by Crippen LogP contribution is 2.38. The number of nitrogens with one attached hydrogen (secondary N) is 1. The molecule has 2 aliphatic rings. The molecule has 1 saturated heterocycles. The average Bonchev–Trinajstić information content (AvgIpc) is 2.48. The predicted octanol–water partition coefficient (Wildman–Crippen LogP) is 2.98. The number of likely N-dealkylation sites (tertiary alicyclic amines) is 1. The summed E-state index contributed by atoms with van der Waals surface area (Å²) in [6.45, 7) is 7.12. The van der Waals surface area contributed by atoms with Gasteiger partial charge in [-0.25, -0.2) is 0 Å². The van der Waals surface area contributed by atoms with Crippen molar-refractivity contribution in [2.24, 2.45) is 17.1 Å². The lowest BCUT2D eigenvalue weighted by Gasteiger charge is -2.35. The molecule has 6 heteroatoms. The number of halogens is 2. The van der Waals surface area contributed by atoms with E-state index in [1.54, 1.807) is 0 Å². The lowest BCUT2D eigenvalue weighted by molar-refractivity contribution is -0.123. The smallest absolute Gasteiger partial charge is 0.220 e. The zero-order chi connectivity index (χ0) is 15.1. The van der Waals surface area contributed by atoms with Crippen LogP contribution in [0.15, 0.2) is 0 Å². The molecule has 1 amide bonds. The van der Waals surface area contributed by atoms with E-state index in [-0.39, 0.29) is 36.1 Å². The van der Waals surface area contributed by atoms with Crippen LogP contribution < -0.4 is 11.1 Å². The second-order valence-electron chi connectivity index (χ2n) is 7.34. The van der Waals surface area contributed by atoms with Crippen LogP contribution in [0, 0.1) is 11.3 Å². The highest BCUT2D eigenvalue weighted by Gasteiger charge is 2.32. The van der Waals surface area contributed by atoms with Crippen molar-refractivity contribution in [3.05, 3.63) is 0 Å². The van der Waals surface area contributed by atoms with Gasteiger partial charge in [0.25, 0.3) is 0 Å². The number of amides is 1. The summed E-state index contributed by atoms with van der Waals surface area (Å²) in [5.74, 6) is 1.00. The van der Waals surface area contributed by atoms with Gasteiger partial charge in [-0.05, 0) is 50.1 Å². The lowest BCUT2D eigenvalue weighted by atomic mass is 9.71. The van der Waals surface area contributed by atoms with Gasteiger partial charge in [0, 0.05) is 26.1 Å². The highest BCUT2D eigenvalue weighted by atomic mass is 35.5. The van der Waals surface area contributed by atoms with Crippen LogP contribution in [0.2, 0.25) is 0 Å². The molecule has 0 bridgehead atoms. The third kappa shape index (κ3) is 7.59. The molecule has 3 N–H and O–H groups in total. The molecule has 0 spiro atoms. The molecular weight excluding hydrogens is 333 g/mol. The van der Waals surface area contributed by atoms with E-state index in [0.29, 0.717) is 13.0 Å². The number of carbonyl (C=O) groups is 1. The number of hydrogen-bond donors (Lipinski definition) is 2. The molecule has 2 rings (SSSR count). The first-order valence-electron chi connectivity index (χ1n) is 8.83. The average molecular weight is 368 g/mol. The Morgan fingerprint density at radius 1 is 1.22 bits per heavy atom. The van der Waals surface area contributed by atoms with Crippen LogP contribution in [0.5, 0.6) is 0 Å². The Balaban J connectivity index is 0.00000242. The van der Waals surface area contributed by atoms with Crippen LogP contribution in [0.25, 0.3) is 0 Å². The van der Waals surface area contributed by atoms with Crippen molar-refractivity contribution in [2.75, 3.05) is 32.7 Å². The van der Waals surface area contributed by atoms with Crippen LogP contribution in [0.4, 0.5) is 0 Å². The molecule has 0 aromatic carbocycles. The third-order valence-corrected chi connectivity index (χ3v) is 5.37. The van der Waals surface area contributed by atoms with Crippen LogP contribution in [0.3, 0.4) is 0 Å². The van der Waals surface area contributed by atoms with Gasteiger partial charge in [-0.2, -0.15) is 0 Å². The van der Waals surface area contributed by atoms with Crippen molar-refractivity contribution < 1.29 is 4.79 Å². The van der Waals surface area contributed by atoms with Gasteiger partial charge in [-0.15, -0.1) is 24.8 Å². The van der Waals surface area contributed by atoms with Gasteiger partial charge >= 0.3 is 0 Å². The van der Waals surface area contributed by atoms with Gasteiger partial charge in [0.15, 0.2) is 0 Å². The fourth-order valence-corrected chi connectivity index (χ4v) is 4.00. The van der Waals surface area contributed by atoms with Crippen molar-refractivity contribution >= 4 is 30.7 Å². The first kappa shape index (κ1) is 23.0. The third-order valence-electron chi connectivity index (χ3n) is 5.37. The van der Waals surface area contributed by atoms with Gasteiger partial charge < -0.3 is 16.0 Å². The summed E-state index contributed by atoms with van der Waals surface area (Å²) in [5, 5.41) is 3.12. The molecule has 23 heavy (non-hydrogen) atoms. The number of nitrogens with zero attached hydrogens (tertiary/aromatic N) is 1. The summed E-state index contributed by atoms with van der Waals surface area (Å²) in [4.78, 5) is 14.7. The quantitative estimate of drug-likeness (QED) is 0.758. The van der Waals surface area contributed by atoms with Crippen molar-refractivity contribution in [3.8, 4) is 0 Å². The number of rotatable bonds is 6. The summed E-state index contributed by atoms with van der Waals surface area (Å²) in [5.41, 5.74) is 6.04. The maximum atomic E-state index is 12.2. The molecule has 1 unspecified atom stereocenters. The van der Waals surface area contributed by atoms with Crippen molar-refractivity contribution in [3.63, 3.8) is 0 Å². The van der Waals surface area contributed by atoms with E-state index in [4.69, 9.17) is 5.73 Å². The number of hydrogen-bond acceptors (Lipinski definition) is 3. The van der Waals surface area contributed by atoms with Gasteiger partial charge in [-0.3, -0.25) is 4.79 Å². The Morgan fingerprint density at radius 2 is 1.91 bits per heavy atom. The van der Waals surface area contributed by atoms with E-state index in [1.165, 1.54) is 45.2 Å². The predicted molar refractivity (Wildman–Crippen MR) is 102 cm³/mol. The van der Waals surface area contributed by atoms with Crippen LogP contribution in [-0.4, -0.2) is 43.5 Å². The molecule has 2 fully saturated rings. The fraction of sp³-hybridized carbons (Fsp3) is 0.941. The second-order valence-corrected chi connectivity index (χ2v) is 7.34. The molecule has 138 valence electrons. The van der Waals surface area contributed by atoms with E-state index in [9.17, 15) is 4.79 Å². The first-order chi connectivity index (χ1) is 10.1. The first-order valence-corrected chi connectivity index (χ1v) is 8.83. The van der Waals surface area contributed by atoms with Crippen molar-refractivity contribution in [2.45, 2.75) is 58.3 Å². The van der Waals surface area contributed by atoms with E-state index in [1.807, 2.05) is 0 Å². The Bertz CT molecular complexity index is 336. The molecule has 1 atom stereocenters. The Labute approximate surface area is 154 Å². The highest BCUT2D eigenvalue weighted by molar-refractivity contribution is 5.85. The van der Waals surface area contributed by atoms with E-state index in [2.05, 4.69) is 17.1 Å². The molecule has 4 nitrogen and oxygen atoms in total. The van der Waals surface area contributed by atoms with Crippen LogP contribution >= 0.6 is 24.8 Å². The van der Waals surface area contributed by atoms with E-state index < -0.39 is 0 Å². The largest absolute Gasteiger partial charge is 0.355 e. The summed E-state index contributed by atoms with van der Waals surface area (Å²) in [7, 11) is 0. The van der Waals surface area contributed by atoms with Gasteiger partial charge in [0.1, 0.15) is 0 Å². The minimum atomic E-state index is 0. The van der Waals surface area contributed by atoms with Gasteiger partial charge in [0.05, 0.1) is 0 Å². The SMILES string of the molecule is CC1CCCN(CCNC(=O)CC2(CN)CCCCC2)C1.Cl.Cl. The summed E-state index contributed by atoms with van der Waals surface area (Å²) in [6, 6.07) is 0. The summed E-state index contributed by atoms with van der Waals surface area (Å²) >= 11 is 0. The number of carbonyl (C=O) groups excluding carboxylic acids is 1. The molecular formula is C17H35Cl2N3O. The Morgan fingerprint density at radius 3 is 2.52 bits per heavy atom. The van der Waals surface area contributed by atoms with Gasteiger partial charge in [-0.1, -0.05) is 26.2 Å². The minimum Gasteiger partial charge on any atom is -0.355 e. The maximum Gasteiger partial charge on any atom is 0.220 e. The van der Waals surface area contributed by atoms with Gasteiger partial charge in [0.2, 0.25) is 5.91 Å². The molecule has 0 aromatic rings. The van der Waals surface area contributed by atoms with Crippen LogP contribution in [0.1, 0.15) is 58.3 Å². The van der Waals surface area contributed by atoms with Crippen molar-refractivity contribution in [1.82, 2.24) is 10.2 Å². The standard InChI is InChI=1S/C17H33N3O.2ClH/c1-15-6-5-10-20(13-15)11-9-19-16(21)12-17(14-18)7-3-2-4-8-17;;/h15H,2-14,18H2,1H3,(H,19,21);2*1H. The Hall–Kier alpha value is -0.0300. The second kappa shape index (κ2) is 11.5. The maximum absolute atomic E-state index is 12.2. The monoisotopic (exact) mass is 367 g/mol.